The molecule has 0 bridgehead atoms. The van der Waals surface area contributed by atoms with Crippen molar-refractivity contribution in [2.45, 2.75) is 19.3 Å². The van der Waals surface area contributed by atoms with Crippen LogP contribution >= 0.6 is 0 Å². The number of aromatic nitrogens is 2. The van der Waals surface area contributed by atoms with Gasteiger partial charge in [-0.05, 0) is 48.6 Å². The molecule has 0 aliphatic heterocycles. The summed E-state index contributed by atoms with van der Waals surface area (Å²) in [4.78, 5) is 8.06. The van der Waals surface area contributed by atoms with Gasteiger partial charge in [0.25, 0.3) is 0 Å². The molecule has 3 nitrogen and oxygen atoms in total. The van der Waals surface area contributed by atoms with Gasteiger partial charge in [-0.25, -0.2) is 4.98 Å². The molecule has 0 spiro atoms. The molecule has 4 rings (SSSR count). The van der Waals surface area contributed by atoms with Crippen LogP contribution in [-0.4, -0.2) is 17.1 Å². The molecule has 0 fully saturated rings. The van der Waals surface area contributed by atoms with Crippen LogP contribution in [0, 0.1) is 0 Å². The summed E-state index contributed by atoms with van der Waals surface area (Å²) in [6.07, 6.45) is 3.68. The Morgan fingerprint density at radius 2 is 1.95 bits per heavy atom. The number of hydrogen-bond acceptors (Lipinski definition) is 2. The third kappa shape index (κ3) is 1.78. The third-order valence-corrected chi connectivity index (χ3v) is 4.06. The summed E-state index contributed by atoms with van der Waals surface area (Å²) in [6, 6.07) is 12.6. The van der Waals surface area contributed by atoms with E-state index in [1.54, 1.807) is 7.11 Å². The van der Waals surface area contributed by atoms with E-state index in [1.807, 2.05) is 18.2 Å². The van der Waals surface area contributed by atoms with E-state index in [1.165, 1.54) is 36.0 Å². The van der Waals surface area contributed by atoms with E-state index in [0.29, 0.717) is 0 Å². The van der Waals surface area contributed by atoms with Gasteiger partial charge < -0.3 is 9.72 Å². The number of aromatic amines is 1. The van der Waals surface area contributed by atoms with Gasteiger partial charge in [0.2, 0.25) is 0 Å². The van der Waals surface area contributed by atoms with Gasteiger partial charge in [0, 0.05) is 11.6 Å². The van der Waals surface area contributed by atoms with Crippen LogP contribution in [-0.2, 0) is 12.8 Å². The largest absolute Gasteiger partial charge is 0.497 e. The number of hydrogen-bond donors (Lipinski definition) is 1. The molecule has 0 saturated heterocycles. The van der Waals surface area contributed by atoms with E-state index >= 15 is 0 Å². The predicted molar refractivity (Wildman–Crippen MR) is 80.1 cm³/mol. The van der Waals surface area contributed by atoms with E-state index < -0.39 is 0 Å². The minimum absolute atomic E-state index is 0.849. The number of benzene rings is 2. The van der Waals surface area contributed by atoms with Crippen LogP contribution in [0.4, 0.5) is 0 Å². The highest BCUT2D eigenvalue weighted by Crippen LogP contribution is 2.28. The monoisotopic (exact) mass is 264 g/mol. The fourth-order valence-corrected chi connectivity index (χ4v) is 2.97. The first kappa shape index (κ1) is 11.5. The number of H-pyrrole nitrogens is 1. The summed E-state index contributed by atoms with van der Waals surface area (Å²) in [5.41, 5.74) is 6.12. The predicted octanol–water partition coefficient (Wildman–Crippen LogP) is 3.73. The molecule has 1 aliphatic carbocycles. The van der Waals surface area contributed by atoms with Gasteiger partial charge in [0.15, 0.2) is 0 Å². The maximum Gasteiger partial charge on any atom is 0.138 e. The highest BCUT2D eigenvalue weighted by atomic mass is 16.5. The second kappa shape index (κ2) is 4.37. The Morgan fingerprint density at radius 3 is 2.85 bits per heavy atom. The maximum absolute atomic E-state index is 5.25. The average Bonchev–Trinajstić information content (AvgIpc) is 3.11. The lowest BCUT2D eigenvalue weighted by molar-refractivity contribution is 0.415. The second-order valence-electron chi connectivity index (χ2n) is 5.31. The summed E-state index contributed by atoms with van der Waals surface area (Å²) in [5, 5.41) is 0. The SMILES string of the molecule is COc1ccc2nc(-c3ccc4c(c3)CCC4)[nH]c2c1. The molecule has 0 amide bonds. The Kier molecular flexibility index (Phi) is 2.52. The molecule has 0 radical (unpaired) electrons. The molecule has 20 heavy (non-hydrogen) atoms. The first-order valence-electron chi connectivity index (χ1n) is 6.99. The number of rotatable bonds is 2. The van der Waals surface area contributed by atoms with E-state index in [-0.39, 0.29) is 0 Å². The van der Waals surface area contributed by atoms with Gasteiger partial charge in [0.05, 0.1) is 18.1 Å². The van der Waals surface area contributed by atoms with Crippen molar-refractivity contribution >= 4 is 11.0 Å². The molecular weight excluding hydrogens is 248 g/mol. The Hall–Kier alpha value is -2.29. The van der Waals surface area contributed by atoms with Crippen LogP contribution in [0.25, 0.3) is 22.4 Å². The first-order chi connectivity index (χ1) is 9.83. The first-order valence-corrected chi connectivity index (χ1v) is 6.99. The van der Waals surface area contributed by atoms with Gasteiger partial charge in [-0.2, -0.15) is 0 Å². The third-order valence-electron chi connectivity index (χ3n) is 4.06. The van der Waals surface area contributed by atoms with Crippen molar-refractivity contribution in [3.05, 3.63) is 47.5 Å². The molecule has 1 aromatic heterocycles. The molecule has 0 atom stereocenters. The Labute approximate surface area is 117 Å². The van der Waals surface area contributed by atoms with E-state index in [9.17, 15) is 0 Å². The topological polar surface area (TPSA) is 37.9 Å². The maximum atomic E-state index is 5.25. The number of ether oxygens (including phenoxy) is 1. The van der Waals surface area contributed by atoms with E-state index in [0.717, 1.165) is 22.6 Å². The Morgan fingerprint density at radius 1 is 1.05 bits per heavy atom. The fraction of sp³-hybridized carbons (Fsp3) is 0.235. The molecular formula is C17H16N2O. The zero-order chi connectivity index (χ0) is 13.5. The molecule has 0 saturated carbocycles. The van der Waals surface area contributed by atoms with Crippen LogP contribution in [0.1, 0.15) is 17.5 Å². The second-order valence-corrected chi connectivity index (χ2v) is 5.31. The molecule has 3 aromatic rings. The highest BCUT2D eigenvalue weighted by molar-refractivity contribution is 5.80. The van der Waals surface area contributed by atoms with Gasteiger partial charge in [0.1, 0.15) is 11.6 Å². The van der Waals surface area contributed by atoms with Crippen molar-refractivity contribution in [3.63, 3.8) is 0 Å². The smallest absolute Gasteiger partial charge is 0.138 e. The van der Waals surface area contributed by atoms with Gasteiger partial charge >= 0.3 is 0 Å². The summed E-state index contributed by atoms with van der Waals surface area (Å²) in [6.45, 7) is 0. The molecule has 1 N–H and O–H groups in total. The lowest BCUT2D eigenvalue weighted by Crippen LogP contribution is -1.85. The highest BCUT2D eigenvalue weighted by Gasteiger charge is 2.13. The summed E-state index contributed by atoms with van der Waals surface area (Å²) >= 11 is 0. The summed E-state index contributed by atoms with van der Waals surface area (Å²) < 4.78 is 5.25. The quantitative estimate of drug-likeness (QED) is 0.766. The van der Waals surface area contributed by atoms with Crippen molar-refractivity contribution in [2.24, 2.45) is 0 Å². The average molecular weight is 264 g/mol. The zero-order valence-electron chi connectivity index (χ0n) is 11.4. The lowest BCUT2D eigenvalue weighted by atomic mass is 10.1. The molecule has 2 aromatic carbocycles. The molecule has 3 heteroatoms. The van der Waals surface area contributed by atoms with Crippen molar-refractivity contribution in [1.29, 1.82) is 0 Å². The number of fused-ring (bicyclic) bond motifs is 2. The van der Waals surface area contributed by atoms with Crippen molar-refractivity contribution in [1.82, 2.24) is 9.97 Å². The number of aryl methyl sites for hydroxylation is 2. The minimum Gasteiger partial charge on any atom is -0.497 e. The van der Waals surface area contributed by atoms with Crippen LogP contribution in [0.15, 0.2) is 36.4 Å². The molecule has 100 valence electrons. The molecule has 1 aliphatic rings. The van der Waals surface area contributed by atoms with Crippen LogP contribution < -0.4 is 4.74 Å². The number of nitrogens with zero attached hydrogens (tertiary/aromatic N) is 1. The molecule has 1 heterocycles. The number of methoxy groups -OCH3 is 1. The fourth-order valence-electron chi connectivity index (χ4n) is 2.97. The van der Waals surface area contributed by atoms with Gasteiger partial charge in [-0.3, -0.25) is 0 Å². The van der Waals surface area contributed by atoms with Gasteiger partial charge in [-0.15, -0.1) is 0 Å². The standard InChI is InChI=1S/C17H16N2O/c1-20-14-7-8-15-16(10-14)19-17(18-15)13-6-5-11-3-2-4-12(11)9-13/h5-10H,2-4H2,1H3,(H,18,19). The van der Waals surface area contributed by atoms with Gasteiger partial charge in [-0.1, -0.05) is 12.1 Å². The van der Waals surface area contributed by atoms with Crippen molar-refractivity contribution in [2.75, 3.05) is 7.11 Å². The zero-order valence-corrected chi connectivity index (χ0v) is 11.4. The van der Waals surface area contributed by atoms with Crippen LogP contribution in [0.3, 0.4) is 0 Å². The van der Waals surface area contributed by atoms with E-state index in [4.69, 9.17) is 4.74 Å². The number of nitrogens with one attached hydrogen (secondary N) is 1. The minimum atomic E-state index is 0.849. The van der Waals surface area contributed by atoms with E-state index in [2.05, 4.69) is 28.2 Å². The summed E-state index contributed by atoms with van der Waals surface area (Å²) in [5.74, 6) is 1.78. The normalized spacial score (nSPS) is 13.7. The lowest BCUT2D eigenvalue weighted by Gasteiger charge is -2.01. The van der Waals surface area contributed by atoms with Crippen LogP contribution in [0.5, 0.6) is 5.75 Å². The number of imidazole rings is 1. The Balaban J connectivity index is 1.81. The van der Waals surface area contributed by atoms with Crippen LogP contribution in [0.2, 0.25) is 0 Å². The Bertz CT molecular complexity index is 789. The summed E-state index contributed by atoms with van der Waals surface area (Å²) in [7, 11) is 1.68. The molecule has 0 unspecified atom stereocenters. The van der Waals surface area contributed by atoms with Crippen molar-refractivity contribution in [3.8, 4) is 17.1 Å². The van der Waals surface area contributed by atoms with Crippen molar-refractivity contribution < 1.29 is 4.74 Å².